The molecule has 0 radical (unpaired) electrons. The van der Waals surface area contributed by atoms with Gasteiger partial charge in [0.1, 0.15) is 5.75 Å². The van der Waals surface area contributed by atoms with Crippen LogP contribution in [0.5, 0.6) is 5.75 Å². The van der Waals surface area contributed by atoms with Gasteiger partial charge in [-0.1, -0.05) is 23.7 Å². The molecule has 0 saturated carbocycles. The van der Waals surface area contributed by atoms with E-state index in [-0.39, 0.29) is 18.7 Å². The van der Waals surface area contributed by atoms with Crippen LogP contribution in [0.25, 0.3) is 0 Å². The van der Waals surface area contributed by atoms with Crippen molar-refractivity contribution in [3.05, 3.63) is 53.1 Å². The van der Waals surface area contributed by atoms with Crippen molar-refractivity contribution in [1.82, 2.24) is 0 Å². The van der Waals surface area contributed by atoms with Crippen molar-refractivity contribution < 1.29 is 26.7 Å². The molecule has 0 fully saturated rings. The first-order valence-electron chi connectivity index (χ1n) is 8.01. The molecule has 5 nitrogen and oxygen atoms in total. The van der Waals surface area contributed by atoms with Crippen LogP contribution in [0.3, 0.4) is 0 Å². The van der Waals surface area contributed by atoms with Crippen LogP contribution >= 0.6 is 11.6 Å². The molecule has 0 spiro atoms. The van der Waals surface area contributed by atoms with Crippen molar-refractivity contribution in [2.45, 2.75) is 30.4 Å². The van der Waals surface area contributed by atoms with Crippen LogP contribution in [0.2, 0.25) is 5.02 Å². The minimum atomic E-state index is -4.81. The molecule has 1 amide bonds. The minimum Gasteiger partial charge on any atom is -0.494 e. The summed E-state index contributed by atoms with van der Waals surface area (Å²) in [4.78, 5) is 11.4. The molecule has 1 N–H and O–H groups in total. The first-order valence-corrected chi connectivity index (χ1v) is 9.94. The standard InChI is InChI=1S/C18H18ClF2NO4S/c1-12-11-13(8-9-14(12)19)26-10-4-7-17(23)22-15-5-2-3-6-16(15)27(24,25)18(20)21/h2-3,5-6,8-9,11,18H,4,7,10H2,1H3,(H,22,23). The Kier molecular flexibility index (Phi) is 7.15. The number of sulfone groups is 1. The molecule has 0 saturated heterocycles. The SMILES string of the molecule is Cc1cc(OCCCC(=O)Nc2ccccc2S(=O)(=O)C(F)F)ccc1Cl. The Hall–Kier alpha value is -2.19. The number of benzene rings is 2. The first kappa shape index (κ1) is 21.1. The molecule has 2 aromatic rings. The summed E-state index contributed by atoms with van der Waals surface area (Å²) in [7, 11) is -4.81. The van der Waals surface area contributed by atoms with E-state index < -0.39 is 26.4 Å². The predicted molar refractivity (Wildman–Crippen MR) is 99.2 cm³/mol. The fourth-order valence-electron chi connectivity index (χ4n) is 2.26. The van der Waals surface area contributed by atoms with Gasteiger partial charge in [-0.2, -0.15) is 8.78 Å². The monoisotopic (exact) mass is 417 g/mol. The number of carbonyl (C=O) groups excluding carboxylic acids is 1. The lowest BCUT2D eigenvalue weighted by Crippen LogP contribution is -2.18. The smallest absolute Gasteiger partial charge is 0.341 e. The molecule has 0 aromatic heterocycles. The number of rotatable bonds is 8. The Balaban J connectivity index is 1.90. The summed E-state index contributed by atoms with van der Waals surface area (Å²) in [6, 6.07) is 10.2. The molecular weight excluding hydrogens is 400 g/mol. The van der Waals surface area contributed by atoms with E-state index in [9.17, 15) is 22.0 Å². The number of nitrogens with one attached hydrogen (secondary N) is 1. The number of aryl methyl sites for hydroxylation is 1. The van der Waals surface area contributed by atoms with Gasteiger partial charge in [0, 0.05) is 11.4 Å². The molecule has 0 atom stereocenters. The number of anilines is 1. The third kappa shape index (κ3) is 5.64. The van der Waals surface area contributed by atoms with Crippen LogP contribution in [0.15, 0.2) is 47.4 Å². The lowest BCUT2D eigenvalue weighted by molar-refractivity contribution is -0.116. The van der Waals surface area contributed by atoms with Gasteiger partial charge in [0.25, 0.3) is 0 Å². The maximum absolute atomic E-state index is 12.8. The molecule has 146 valence electrons. The average Bonchev–Trinajstić information content (AvgIpc) is 2.62. The summed E-state index contributed by atoms with van der Waals surface area (Å²) < 4.78 is 54.4. The first-order chi connectivity index (χ1) is 12.7. The Bertz CT molecular complexity index is 919. The van der Waals surface area contributed by atoms with Crippen LogP contribution in [0.1, 0.15) is 18.4 Å². The molecule has 0 aliphatic carbocycles. The summed E-state index contributed by atoms with van der Waals surface area (Å²) in [6.45, 7) is 2.10. The molecular formula is C18H18ClF2NO4S. The normalized spacial score (nSPS) is 11.4. The molecule has 27 heavy (non-hydrogen) atoms. The molecule has 0 heterocycles. The van der Waals surface area contributed by atoms with Crippen molar-refractivity contribution in [3.8, 4) is 5.75 Å². The second-order valence-electron chi connectivity index (χ2n) is 5.71. The van der Waals surface area contributed by atoms with E-state index in [4.69, 9.17) is 16.3 Å². The summed E-state index contributed by atoms with van der Waals surface area (Å²) in [5.74, 6) is -3.44. The van der Waals surface area contributed by atoms with Gasteiger partial charge < -0.3 is 10.1 Å². The molecule has 0 bridgehead atoms. The maximum atomic E-state index is 12.8. The van der Waals surface area contributed by atoms with Crippen LogP contribution < -0.4 is 10.1 Å². The number of hydrogen-bond donors (Lipinski definition) is 1. The largest absolute Gasteiger partial charge is 0.494 e. The second kappa shape index (κ2) is 9.14. The molecule has 0 aliphatic rings. The van der Waals surface area contributed by atoms with Crippen LogP contribution in [-0.4, -0.2) is 26.7 Å². The molecule has 2 aromatic carbocycles. The number of alkyl halides is 2. The summed E-state index contributed by atoms with van der Waals surface area (Å²) in [5.41, 5.74) is 0.695. The zero-order chi connectivity index (χ0) is 20.0. The number of carbonyl (C=O) groups is 1. The summed E-state index contributed by atoms with van der Waals surface area (Å²) >= 11 is 5.93. The van der Waals surface area contributed by atoms with Crippen LogP contribution in [0.4, 0.5) is 14.5 Å². The van der Waals surface area contributed by atoms with Gasteiger partial charge >= 0.3 is 5.76 Å². The Labute approximate surface area is 161 Å². The number of halogens is 3. The number of hydrogen-bond acceptors (Lipinski definition) is 4. The van der Waals surface area contributed by atoms with Gasteiger partial charge in [-0.3, -0.25) is 4.79 Å². The number of para-hydroxylation sites is 1. The zero-order valence-corrected chi connectivity index (χ0v) is 16.0. The van der Waals surface area contributed by atoms with Crippen molar-refractivity contribution in [3.63, 3.8) is 0 Å². The van der Waals surface area contributed by atoms with E-state index >= 15 is 0 Å². The van der Waals surface area contributed by atoms with Gasteiger partial charge in [-0.15, -0.1) is 0 Å². The molecule has 0 aliphatic heterocycles. The van der Waals surface area contributed by atoms with E-state index in [2.05, 4.69) is 5.32 Å². The summed E-state index contributed by atoms with van der Waals surface area (Å²) in [6.07, 6.45) is 0.396. The highest BCUT2D eigenvalue weighted by Crippen LogP contribution is 2.26. The zero-order valence-electron chi connectivity index (χ0n) is 14.4. The van der Waals surface area contributed by atoms with Crippen molar-refractivity contribution in [2.75, 3.05) is 11.9 Å². The highest BCUT2D eigenvalue weighted by atomic mass is 35.5. The van der Waals surface area contributed by atoms with E-state index in [1.54, 1.807) is 18.2 Å². The highest BCUT2D eigenvalue weighted by molar-refractivity contribution is 7.91. The fraction of sp³-hybridized carbons (Fsp3) is 0.278. The van der Waals surface area contributed by atoms with E-state index in [0.29, 0.717) is 17.2 Å². The molecule has 9 heteroatoms. The van der Waals surface area contributed by atoms with Crippen LogP contribution in [0, 0.1) is 6.92 Å². The van der Waals surface area contributed by atoms with E-state index in [1.807, 2.05) is 6.92 Å². The Morgan fingerprint density at radius 3 is 2.59 bits per heavy atom. The second-order valence-corrected chi connectivity index (χ2v) is 8.01. The lowest BCUT2D eigenvalue weighted by Gasteiger charge is -2.11. The molecule has 2 rings (SSSR count). The average molecular weight is 418 g/mol. The van der Waals surface area contributed by atoms with Crippen LogP contribution in [-0.2, 0) is 14.6 Å². The van der Waals surface area contributed by atoms with Gasteiger partial charge in [0.2, 0.25) is 15.7 Å². The number of ether oxygens (including phenoxy) is 1. The fourth-order valence-corrected chi connectivity index (χ4v) is 3.26. The predicted octanol–water partition coefficient (Wildman–Crippen LogP) is 4.44. The van der Waals surface area contributed by atoms with Gasteiger partial charge in [-0.05, 0) is 49.2 Å². The highest BCUT2D eigenvalue weighted by Gasteiger charge is 2.29. The van der Waals surface area contributed by atoms with E-state index in [0.717, 1.165) is 11.6 Å². The van der Waals surface area contributed by atoms with Crippen molar-refractivity contribution in [2.24, 2.45) is 0 Å². The topological polar surface area (TPSA) is 72.5 Å². The van der Waals surface area contributed by atoms with Crippen molar-refractivity contribution in [1.29, 1.82) is 0 Å². The van der Waals surface area contributed by atoms with Gasteiger partial charge in [0.15, 0.2) is 0 Å². The number of amides is 1. The summed E-state index contributed by atoms with van der Waals surface area (Å²) in [5, 5.41) is 2.99. The van der Waals surface area contributed by atoms with Crippen molar-refractivity contribution >= 4 is 33.0 Å². The Morgan fingerprint density at radius 1 is 1.22 bits per heavy atom. The van der Waals surface area contributed by atoms with Gasteiger partial charge in [0.05, 0.1) is 17.2 Å². The van der Waals surface area contributed by atoms with Gasteiger partial charge in [-0.25, -0.2) is 8.42 Å². The molecule has 0 unspecified atom stereocenters. The minimum absolute atomic E-state index is 0.0373. The lowest BCUT2D eigenvalue weighted by atomic mass is 10.2. The van der Waals surface area contributed by atoms with E-state index in [1.165, 1.54) is 18.2 Å². The quantitative estimate of drug-likeness (QED) is 0.644. The third-order valence-electron chi connectivity index (χ3n) is 3.65. The maximum Gasteiger partial charge on any atom is 0.341 e. The third-order valence-corrected chi connectivity index (χ3v) is 5.51. The Morgan fingerprint density at radius 2 is 1.93 bits per heavy atom.